The van der Waals surface area contributed by atoms with Crippen LogP contribution < -0.4 is 5.32 Å². The number of nitrogens with zero attached hydrogens (tertiary/aromatic N) is 2. The van der Waals surface area contributed by atoms with Crippen molar-refractivity contribution >= 4 is 15.7 Å². The average molecular weight is 389 g/mol. The van der Waals surface area contributed by atoms with Crippen LogP contribution in [0, 0.1) is 17.0 Å². The fraction of sp³-hybridized carbons (Fsp3) is 0.368. The third kappa shape index (κ3) is 4.71. The largest absolute Gasteiger partial charge is 0.310 e. The standard InChI is InChI=1S/C19H23N3O4S/c1-15-5-7-19(8-6-15)27(25,26)21-11-9-17(10-12-21)20-14-16-3-2-4-18(13-16)22(23)24/h2-8,13,17,20H,9-12,14H2,1H3. The van der Waals surface area contributed by atoms with Gasteiger partial charge in [0.2, 0.25) is 10.0 Å². The maximum Gasteiger partial charge on any atom is 0.269 e. The molecule has 0 aromatic heterocycles. The van der Waals surface area contributed by atoms with E-state index in [4.69, 9.17) is 0 Å². The molecule has 0 amide bonds. The summed E-state index contributed by atoms with van der Waals surface area (Å²) in [5, 5.41) is 14.2. The minimum atomic E-state index is -3.45. The highest BCUT2D eigenvalue weighted by atomic mass is 32.2. The van der Waals surface area contributed by atoms with Crippen LogP contribution in [0.1, 0.15) is 24.0 Å². The van der Waals surface area contributed by atoms with Gasteiger partial charge in [0.1, 0.15) is 0 Å². The SMILES string of the molecule is Cc1ccc(S(=O)(=O)N2CCC(NCc3cccc([N+](=O)[O-])c3)CC2)cc1. The van der Waals surface area contributed by atoms with Gasteiger partial charge < -0.3 is 5.32 Å². The molecule has 0 aliphatic carbocycles. The highest BCUT2D eigenvalue weighted by Gasteiger charge is 2.29. The lowest BCUT2D eigenvalue weighted by atomic mass is 10.1. The molecule has 1 fully saturated rings. The van der Waals surface area contributed by atoms with E-state index in [-0.39, 0.29) is 11.7 Å². The second-order valence-electron chi connectivity index (χ2n) is 6.80. The lowest BCUT2D eigenvalue weighted by Crippen LogP contribution is -2.44. The monoisotopic (exact) mass is 389 g/mol. The molecule has 2 aromatic rings. The predicted octanol–water partition coefficient (Wildman–Crippen LogP) is 2.85. The van der Waals surface area contributed by atoms with Crippen LogP contribution in [0.5, 0.6) is 0 Å². The van der Waals surface area contributed by atoms with E-state index in [0.29, 0.717) is 37.4 Å². The summed E-state index contributed by atoms with van der Waals surface area (Å²) in [6.07, 6.45) is 1.42. The summed E-state index contributed by atoms with van der Waals surface area (Å²) in [5.41, 5.74) is 1.95. The van der Waals surface area contributed by atoms with Gasteiger partial charge in [-0.25, -0.2) is 8.42 Å². The van der Waals surface area contributed by atoms with E-state index < -0.39 is 14.9 Å². The van der Waals surface area contributed by atoms with Gasteiger partial charge in [0.25, 0.3) is 5.69 Å². The molecule has 0 saturated carbocycles. The van der Waals surface area contributed by atoms with Crippen LogP contribution in [0.15, 0.2) is 53.4 Å². The van der Waals surface area contributed by atoms with Crippen molar-refractivity contribution in [2.75, 3.05) is 13.1 Å². The molecule has 144 valence electrons. The molecule has 1 aliphatic rings. The molecule has 1 saturated heterocycles. The number of rotatable bonds is 6. The number of hydrogen-bond acceptors (Lipinski definition) is 5. The molecule has 0 spiro atoms. The predicted molar refractivity (Wildman–Crippen MR) is 103 cm³/mol. The van der Waals surface area contributed by atoms with Crippen LogP contribution >= 0.6 is 0 Å². The molecule has 1 N–H and O–H groups in total. The summed E-state index contributed by atoms with van der Waals surface area (Å²) in [5.74, 6) is 0. The van der Waals surface area contributed by atoms with Crippen molar-refractivity contribution in [1.82, 2.24) is 9.62 Å². The summed E-state index contributed by atoms with van der Waals surface area (Å²) in [6.45, 7) is 3.37. The summed E-state index contributed by atoms with van der Waals surface area (Å²) in [7, 11) is -3.45. The van der Waals surface area contributed by atoms with Crippen molar-refractivity contribution < 1.29 is 13.3 Å². The number of sulfonamides is 1. The molecule has 0 atom stereocenters. The minimum absolute atomic E-state index is 0.0771. The third-order valence-electron chi connectivity index (χ3n) is 4.83. The second-order valence-corrected chi connectivity index (χ2v) is 8.74. The Morgan fingerprint density at radius 3 is 2.44 bits per heavy atom. The molecule has 27 heavy (non-hydrogen) atoms. The molecule has 7 nitrogen and oxygen atoms in total. The first kappa shape index (κ1) is 19.5. The van der Waals surface area contributed by atoms with Crippen molar-refractivity contribution in [3.05, 3.63) is 69.8 Å². The van der Waals surface area contributed by atoms with E-state index >= 15 is 0 Å². The fourth-order valence-electron chi connectivity index (χ4n) is 3.20. The maximum atomic E-state index is 12.7. The van der Waals surface area contributed by atoms with Crippen molar-refractivity contribution in [1.29, 1.82) is 0 Å². The zero-order chi connectivity index (χ0) is 19.4. The Kier molecular flexibility index (Phi) is 5.88. The van der Waals surface area contributed by atoms with Crippen molar-refractivity contribution in [2.24, 2.45) is 0 Å². The molecular weight excluding hydrogens is 366 g/mol. The van der Waals surface area contributed by atoms with Crippen LogP contribution in [-0.4, -0.2) is 36.8 Å². The Bertz CT molecular complexity index is 905. The lowest BCUT2D eigenvalue weighted by Gasteiger charge is -2.31. The third-order valence-corrected chi connectivity index (χ3v) is 6.74. The first-order valence-electron chi connectivity index (χ1n) is 8.90. The number of hydrogen-bond donors (Lipinski definition) is 1. The van der Waals surface area contributed by atoms with Gasteiger partial charge in [0, 0.05) is 37.8 Å². The number of aryl methyl sites for hydroxylation is 1. The van der Waals surface area contributed by atoms with Gasteiger partial charge in [-0.2, -0.15) is 4.31 Å². The lowest BCUT2D eigenvalue weighted by molar-refractivity contribution is -0.384. The second kappa shape index (κ2) is 8.16. The van der Waals surface area contributed by atoms with Crippen LogP contribution in [0.2, 0.25) is 0 Å². The van der Waals surface area contributed by atoms with Gasteiger partial charge in [-0.05, 0) is 37.5 Å². The molecule has 0 radical (unpaired) electrons. The number of non-ortho nitro benzene ring substituents is 1. The Morgan fingerprint density at radius 1 is 1.15 bits per heavy atom. The number of nitro benzene ring substituents is 1. The first-order chi connectivity index (χ1) is 12.9. The minimum Gasteiger partial charge on any atom is -0.310 e. The fourth-order valence-corrected chi connectivity index (χ4v) is 4.67. The maximum absolute atomic E-state index is 12.7. The first-order valence-corrected chi connectivity index (χ1v) is 10.3. The number of nitro groups is 1. The Labute approximate surface area is 159 Å². The van der Waals surface area contributed by atoms with E-state index in [1.807, 2.05) is 13.0 Å². The normalized spacial score (nSPS) is 16.3. The highest BCUT2D eigenvalue weighted by Crippen LogP contribution is 2.21. The summed E-state index contributed by atoms with van der Waals surface area (Å²) >= 11 is 0. The highest BCUT2D eigenvalue weighted by molar-refractivity contribution is 7.89. The molecule has 8 heteroatoms. The summed E-state index contributed by atoms with van der Waals surface area (Å²) in [6, 6.07) is 13.6. The Balaban J connectivity index is 1.55. The van der Waals surface area contributed by atoms with Crippen molar-refractivity contribution in [3.63, 3.8) is 0 Å². The van der Waals surface area contributed by atoms with Gasteiger partial charge in [-0.15, -0.1) is 0 Å². The Hall–Kier alpha value is -2.29. The molecule has 0 bridgehead atoms. The smallest absolute Gasteiger partial charge is 0.269 e. The van der Waals surface area contributed by atoms with Crippen molar-refractivity contribution in [2.45, 2.75) is 37.2 Å². The van der Waals surface area contributed by atoms with Gasteiger partial charge in [-0.1, -0.05) is 29.8 Å². The molecule has 1 heterocycles. The van der Waals surface area contributed by atoms with E-state index in [1.54, 1.807) is 36.4 Å². The summed E-state index contributed by atoms with van der Waals surface area (Å²) in [4.78, 5) is 10.8. The van der Waals surface area contributed by atoms with Gasteiger partial charge in [-0.3, -0.25) is 10.1 Å². The van der Waals surface area contributed by atoms with Crippen LogP contribution in [-0.2, 0) is 16.6 Å². The van der Waals surface area contributed by atoms with Crippen LogP contribution in [0.3, 0.4) is 0 Å². The number of benzene rings is 2. The average Bonchev–Trinajstić information content (AvgIpc) is 2.67. The van der Waals surface area contributed by atoms with E-state index in [1.165, 1.54) is 10.4 Å². The van der Waals surface area contributed by atoms with E-state index in [9.17, 15) is 18.5 Å². The van der Waals surface area contributed by atoms with E-state index in [0.717, 1.165) is 11.1 Å². The van der Waals surface area contributed by atoms with Crippen LogP contribution in [0.4, 0.5) is 5.69 Å². The topological polar surface area (TPSA) is 92.6 Å². The van der Waals surface area contributed by atoms with Crippen molar-refractivity contribution in [3.8, 4) is 0 Å². The van der Waals surface area contributed by atoms with Gasteiger partial charge in [0.15, 0.2) is 0 Å². The zero-order valence-corrected chi connectivity index (χ0v) is 16.0. The number of piperidine rings is 1. The summed E-state index contributed by atoms with van der Waals surface area (Å²) < 4.78 is 27.0. The van der Waals surface area contributed by atoms with E-state index in [2.05, 4.69) is 5.32 Å². The number of nitrogens with one attached hydrogen (secondary N) is 1. The van der Waals surface area contributed by atoms with Crippen LogP contribution in [0.25, 0.3) is 0 Å². The molecule has 0 unspecified atom stereocenters. The molecule has 3 rings (SSSR count). The molecule has 1 aliphatic heterocycles. The Morgan fingerprint density at radius 2 is 1.81 bits per heavy atom. The van der Waals surface area contributed by atoms with Gasteiger partial charge >= 0.3 is 0 Å². The van der Waals surface area contributed by atoms with Gasteiger partial charge in [0.05, 0.1) is 9.82 Å². The quantitative estimate of drug-likeness (QED) is 0.606. The zero-order valence-electron chi connectivity index (χ0n) is 15.2. The molecule has 2 aromatic carbocycles. The molecular formula is C19H23N3O4S.